The first kappa shape index (κ1) is 20.3. The lowest BCUT2D eigenvalue weighted by molar-refractivity contribution is 0.0648. The molecule has 1 heterocycles. The molecule has 0 N–H and O–H groups in total. The number of hydrogen-bond acceptors (Lipinski definition) is 6. The lowest BCUT2D eigenvalue weighted by Gasteiger charge is -2.23. The highest BCUT2D eigenvalue weighted by atomic mass is 35.5. The van der Waals surface area contributed by atoms with Gasteiger partial charge in [-0.25, -0.2) is 0 Å². The minimum Gasteiger partial charge on any atom is -0.459 e. The van der Waals surface area contributed by atoms with Crippen molar-refractivity contribution in [2.75, 3.05) is 26.0 Å². The van der Waals surface area contributed by atoms with Crippen LogP contribution in [0, 0.1) is 0 Å². The number of amides is 1. The van der Waals surface area contributed by atoms with Crippen LogP contribution >= 0.6 is 11.6 Å². The van der Waals surface area contributed by atoms with Gasteiger partial charge in [-0.1, -0.05) is 11.6 Å². The average Bonchev–Trinajstić information content (AvgIpc) is 3.14. The second kappa shape index (κ2) is 9.07. The van der Waals surface area contributed by atoms with E-state index >= 15 is 0 Å². The Morgan fingerprint density at radius 1 is 1.31 bits per heavy atom. The Labute approximate surface area is 157 Å². The summed E-state index contributed by atoms with van der Waals surface area (Å²) >= 11 is 6.04. The number of rotatable bonds is 9. The molecule has 1 aromatic carbocycles. The molecule has 0 aliphatic heterocycles. The van der Waals surface area contributed by atoms with Gasteiger partial charge in [-0.05, 0) is 37.3 Å². The minimum atomic E-state index is -3.71. The second-order valence-electron chi connectivity index (χ2n) is 5.38. The van der Waals surface area contributed by atoms with E-state index in [1.165, 1.54) is 37.3 Å². The molecule has 2 aromatic rings. The highest BCUT2D eigenvalue weighted by molar-refractivity contribution is 7.87. The van der Waals surface area contributed by atoms with E-state index in [2.05, 4.69) is 0 Å². The lowest BCUT2D eigenvalue weighted by Crippen LogP contribution is -2.33. The molecule has 0 aliphatic carbocycles. The smallest absolute Gasteiger partial charge is 0.308 e. The summed E-state index contributed by atoms with van der Waals surface area (Å²) in [6.07, 6.45) is 1.41. The Morgan fingerprint density at radius 2 is 2.08 bits per heavy atom. The first-order valence-electron chi connectivity index (χ1n) is 7.88. The number of furan rings is 1. The zero-order valence-corrected chi connectivity index (χ0v) is 16.0. The number of halogens is 1. The maximum absolute atomic E-state index is 12.6. The molecule has 0 atom stereocenters. The fourth-order valence-corrected chi connectivity index (χ4v) is 2.91. The standard InChI is InChI=1S/C17H20ClNO6S/c1-3-26(21,22)25-15-7-6-14(18)11-13(15)12-19(8-10-23-2)17(20)16-5-4-9-24-16/h4-7,9,11H,3,8,10,12H2,1-2H3. The number of nitrogens with zero attached hydrogens (tertiary/aromatic N) is 1. The monoisotopic (exact) mass is 401 g/mol. The van der Waals surface area contributed by atoms with Gasteiger partial charge in [0, 0.05) is 30.8 Å². The van der Waals surface area contributed by atoms with Crippen LogP contribution in [0.2, 0.25) is 5.02 Å². The van der Waals surface area contributed by atoms with E-state index in [9.17, 15) is 13.2 Å². The Bertz CT molecular complexity index is 835. The third-order valence-corrected chi connectivity index (χ3v) is 4.91. The molecule has 0 aliphatic rings. The number of carbonyl (C=O) groups is 1. The van der Waals surface area contributed by atoms with Crippen LogP contribution in [0.1, 0.15) is 23.0 Å². The number of ether oxygens (including phenoxy) is 1. The highest BCUT2D eigenvalue weighted by Gasteiger charge is 2.21. The molecule has 1 aromatic heterocycles. The van der Waals surface area contributed by atoms with Crippen molar-refractivity contribution in [2.45, 2.75) is 13.5 Å². The molecule has 0 radical (unpaired) electrons. The van der Waals surface area contributed by atoms with Crippen molar-refractivity contribution < 1.29 is 26.5 Å². The molecule has 0 unspecified atom stereocenters. The van der Waals surface area contributed by atoms with Crippen molar-refractivity contribution in [1.29, 1.82) is 0 Å². The molecule has 142 valence electrons. The Kier molecular flexibility index (Phi) is 7.07. The van der Waals surface area contributed by atoms with Crippen LogP contribution in [-0.2, 0) is 21.4 Å². The summed E-state index contributed by atoms with van der Waals surface area (Å²) in [4.78, 5) is 14.1. The first-order chi connectivity index (χ1) is 12.4. The topological polar surface area (TPSA) is 86.0 Å². The summed E-state index contributed by atoms with van der Waals surface area (Å²) in [5, 5.41) is 0.401. The molecule has 26 heavy (non-hydrogen) atoms. The van der Waals surface area contributed by atoms with Gasteiger partial charge >= 0.3 is 10.1 Å². The molecule has 0 saturated carbocycles. The lowest BCUT2D eigenvalue weighted by atomic mass is 10.2. The maximum Gasteiger partial charge on any atom is 0.308 e. The van der Waals surface area contributed by atoms with Gasteiger partial charge < -0.3 is 18.2 Å². The van der Waals surface area contributed by atoms with Gasteiger partial charge in [0.15, 0.2) is 5.76 Å². The van der Waals surface area contributed by atoms with Gasteiger partial charge in [0.25, 0.3) is 5.91 Å². The average molecular weight is 402 g/mol. The van der Waals surface area contributed by atoms with Crippen molar-refractivity contribution in [3.05, 3.63) is 52.9 Å². The van der Waals surface area contributed by atoms with E-state index in [1.54, 1.807) is 18.2 Å². The largest absolute Gasteiger partial charge is 0.459 e. The van der Waals surface area contributed by atoms with Crippen molar-refractivity contribution in [3.8, 4) is 5.75 Å². The number of hydrogen-bond donors (Lipinski definition) is 0. The van der Waals surface area contributed by atoms with Gasteiger partial charge in [-0.3, -0.25) is 4.79 Å². The summed E-state index contributed by atoms with van der Waals surface area (Å²) in [6, 6.07) is 7.73. The van der Waals surface area contributed by atoms with E-state index in [-0.39, 0.29) is 36.3 Å². The molecule has 2 rings (SSSR count). The van der Waals surface area contributed by atoms with E-state index in [0.29, 0.717) is 17.2 Å². The number of methoxy groups -OCH3 is 1. The van der Waals surface area contributed by atoms with Crippen LogP contribution in [0.15, 0.2) is 41.0 Å². The van der Waals surface area contributed by atoms with Gasteiger partial charge in [0.05, 0.1) is 18.6 Å². The van der Waals surface area contributed by atoms with Gasteiger partial charge in [-0.15, -0.1) is 0 Å². The summed E-state index contributed by atoms with van der Waals surface area (Å²) in [6.45, 7) is 2.15. The van der Waals surface area contributed by atoms with Crippen molar-refractivity contribution in [2.24, 2.45) is 0 Å². The van der Waals surface area contributed by atoms with Gasteiger partial charge in [0.1, 0.15) is 5.75 Å². The van der Waals surface area contributed by atoms with Crippen LogP contribution in [0.4, 0.5) is 0 Å². The first-order valence-corrected chi connectivity index (χ1v) is 9.84. The van der Waals surface area contributed by atoms with Crippen LogP contribution in [0.3, 0.4) is 0 Å². The summed E-state index contributed by atoms with van der Waals surface area (Å²) < 4.78 is 39.0. The SMILES string of the molecule is CCS(=O)(=O)Oc1ccc(Cl)cc1CN(CCOC)C(=O)c1ccco1. The molecular formula is C17H20ClNO6S. The maximum atomic E-state index is 12.6. The third-order valence-electron chi connectivity index (χ3n) is 3.54. The molecule has 0 fully saturated rings. The highest BCUT2D eigenvalue weighted by Crippen LogP contribution is 2.26. The zero-order chi connectivity index (χ0) is 19.2. The van der Waals surface area contributed by atoms with Crippen molar-refractivity contribution in [1.82, 2.24) is 4.90 Å². The molecule has 0 saturated heterocycles. The van der Waals surface area contributed by atoms with Crippen molar-refractivity contribution in [3.63, 3.8) is 0 Å². The Morgan fingerprint density at radius 3 is 2.69 bits per heavy atom. The summed E-state index contributed by atoms with van der Waals surface area (Å²) in [5.41, 5.74) is 0.463. The number of benzene rings is 1. The van der Waals surface area contributed by atoms with Crippen LogP contribution < -0.4 is 4.18 Å². The third kappa shape index (κ3) is 5.48. The van der Waals surface area contributed by atoms with Gasteiger partial charge in [-0.2, -0.15) is 8.42 Å². The molecule has 7 nitrogen and oxygen atoms in total. The van der Waals surface area contributed by atoms with E-state index in [4.69, 9.17) is 24.9 Å². The minimum absolute atomic E-state index is 0.0814. The molecule has 1 amide bonds. The van der Waals surface area contributed by atoms with E-state index in [0.717, 1.165) is 0 Å². The van der Waals surface area contributed by atoms with Gasteiger partial charge in [0.2, 0.25) is 0 Å². The fraction of sp³-hybridized carbons (Fsp3) is 0.353. The Balaban J connectivity index is 2.31. The predicted molar refractivity (Wildman–Crippen MR) is 96.9 cm³/mol. The van der Waals surface area contributed by atoms with Crippen LogP contribution in [-0.4, -0.2) is 45.2 Å². The molecule has 9 heteroatoms. The second-order valence-corrected chi connectivity index (χ2v) is 7.67. The fourth-order valence-electron chi connectivity index (χ4n) is 2.16. The summed E-state index contributed by atoms with van der Waals surface area (Å²) in [7, 11) is -2.19. The quantitative estimate of drug-likeness (QED) is 0.600. The molecule has 0 spiro atoms. The summed E-state index contributed by atoms with van der Waals surface area (Å²) in [5.74, 6) is -0.220. The molecular weight excluding hydrogens is 382 g/mol. The normalized spacial score (nSPS) is 11.3. The molecule has 0 bridgehead atoms. The number of carbonyl (C=O) groups excluding carboxylic acids is 1. The zero-order valence-electron chi connectivity index (χ0n) is 14.5. The van der Waals surface area contributed by atoms with E-state index in [1.807, 2.05) is 0 Å². The van der Waals surface area contributed by atoms with Crippen molar-refractivity contribution >= 4 is 27.6 Å². The predicted octanol–water partition coefficient (Wildman–Crippen LogP) is 2.95. The Hall–Kier alpha value is -2.03. The van der Waals surface area contributed by atoms with E-state index < -0.39 is 10.1 Å². The van der Waals surface area contributed by atoms with Crippen LogP contribution in [0.25, 0.3) is 0 Å². The van der Waals surface area contributed by atoms with Crippen LogP contribution in [0.5, 0.6) is 5.75 Å².